The van der Waals surface area contributed by atoms with Crippen molar-refractivity contribution in [2.24, 2.45) is 0 Å². The smallest absolute Gasteiger partial charge is 0.267 e. The number of carbonyl (C=O) groups is 1. The fourth-order valence-corrected chi connectivity index (χ4v) is 4.34. The van der Waals surface area contributed by atoms with Crippen molar-refractivity contribution in [3.05, 3.63) is 56.2 Å². The molecule has 0 saturated carbocycles. The van der Waals surface area contributed by atoms with Crippen LogP contribution in [0.5, 0.6) is 0 Å². The molecule has 5 heteroatoms. The van der Waals surface area contributed by atoms with E-state index < -0.39 is 0 Å². The summed E-state index contributed by atoms with van der Waals surface area (Å²) < 4.78 is 0. The van der Waals surface area contributed by atoms with Gasteiger partial charge in [0.1, 0.15) is 9.88 Å². The number of hydrogen-bond donors (Lipinski definition) is 1. The number of rotatable bonds is 3. The molecule has 3 rings (SSSR count). The number of amides is 1. The Balaban J connectivity index is 1.90. The first-order valence-electron chi connectivity index (χ1n) is 7.35. The normalized spacial score (nSPS) is 10.8. The zero-order valence-corrected chi connectivity index (χ0v) is 15.2. The van der Waals surface area contributed by atoms with Gasteiger partial charge in [-0.05, 0) is 50.3 Å². The summed E-state index contributed by atoms with van der Waals surface area (Å²) in [6, 6.07) is 6.19. The molecule has 0 aliphatic rings. The molecule has 0 bridgehead atoms. The molecule has 1 amide bonds. The molecule has 1 N–H and O–H groups in total. The van der Waals surface area contributed by atoms with Gasteiger partial charge in [-0.25, -0.2) is 4.98 Å². The van der Waals surface area contributed by atoms with Gasteiger partial charge in [-0.2, -0.15) is 11.3 Å². The third-order valence-corrected chi connectivity index (χ3v) is 5.58. The number of nitrogens with one attached hydrogen (secondary N) is 1. The van der Waals surface area contributed by atoms with Crippen LogP contribution in [0.15, 0.2) is 29.0 Å². The SMILES string of the molecule is Cc1cc(C)c(NC(=O)c2sc(-c3ccsc3)nc2C)c(C)c1. The van der Waals surface area contributed by atoms with Gasteiger partial charge in [-0.1, -0.05) is 17.7 Å². The number of thiophene rings is 1. The van der Waals surface area contributed by atoms with Gasteiger partial charge in [-0.15, -0.1) is 11.3 Å². The lowest BCUT2D eigenvalue weighted by Crippen LogP contribution is -2.13. The van der Waals surface area contributed by atoms with Crippen molar-refractivity contribution in [1.29, 1.82) is 0 Å². The van der Waals surface area contributed by atoms with Crippen LogP contribution in [0.4, 0.5) is 5.69 Å². The van der Waals surface area contributed by atoms with Gasteiger partial charge in [0.15, 0.2) is 0 Å². The predicted octanol–water partition coefficient (Wildman–Crippen LogP) is 5.36. The number of hydrogen-bond acceptors (Lipinski definition) is 4. The molecule has 0 fully saturated rings. The highest BCUT2D eigenvalue weighted by atomic mass is 32.1. The molecule has 0 aliphatic heterocycles. The highest BCUT2D eigenvalue weighted by molar-refractivity contribution is 7.17. The van der Waals surface area contributed by atoms with Gasteiger partial charge in [-0.3, -0.25) is 4.79 Å². The van der Waals surface area contributed by atoms with E-state index in [2.05, 4.69) is 29.4 Å². The third-order valence-electron chi connectivity index (χ3n) is 3.69. The van der Waals surface area contributed by atoms with Crippen molar-refractivity contribution >= 4 is 34.3 Å². The maximum atomic E-state index is 12.7. The predicted molar refractivity (Wildman–Crippen MR) is 98.8 cm³/mol. The Morgan fingerprint density at radius 2 is 1.83 bits per heavy atom. The molecule has 23 heavy (non-hydrogen) atoms. The summed E-state index contributed by atoms with van der Waals surface area (Å²) in [6.07, 6.45) is 0. The highest BCUT2D eigenvalue weighted by Gasteiger charge is 2.18. The number of benzene rings is 1. The molecular formula is C18H18N2OS2. The maximum Gasteiger partial charge on any atom is 0.267 e. The van der Waals surface area contributed by atoms with Crippen LogP contribution < -0.4 is 5.32 Å². The van der Waals surface area contributed by atoms with Crippen LogP contribution in [0, 0.1) is 27.7 Å². The van der Waals surface area contributed by atoms with E-state index in [1.165, 1.54) is 16.9 Å². The molecule has 0 radical (unpaired) electrons. The van der Waals surface area contributed by atoms with E-state index in [1.807, 2.05) is 37.6 Å². The van der Waals surface area contributed by atoms with Crippen LogP contribution in [0.25, 0.3) is 10.6 Å². The van der Waals surface area contributed by atoms with E-state index >= 15 is 0 Å². The number of aryl methyl sites for hydroxylation is 4. The Morgan fingerprint density at radius 1 is 1.13 bits per heavy atom. The molecule has 1 aromatic carbocycles. The number of nitrogens with zero attached hydrogens (tertiary/aromatic N) is 1. The monoisotopic (exact) mass is 342 g/mol. The second-order valence-electron chi connectivity index (χ2n) is 5.67. The Labute approximate surface area is 144 Å². The van der Waals surface area contributed by atoms with Gasteiger partial charge >= 0.3 is 0 Å². The van der Waals surface area contributed by atoms with E-state index in [-0.39, 0.29) is 5.91 Å². The Kier molecular flexibility index (Phi) is 4.33. The summed E-state index contributed by atoms with van der Waals surface area (Å²) in [5, 5.41) is 8.02. The standard InChI is InChI=1S/C18H18N2OS2/c1-10-7-11(2)15(12(3)8-10)20-17(21)16-13(4)19-18(23-16)14-5-6-22-9-14/h5-9H,1-4H3,(H,20,21). The fraction of sp³-hybridized carbons (Fsp3) is 0.222. The van der Waals surface area contributed by atoms with Crippen LogP contribution in [-0.4, -0.2) is 10.9 Å². The summed E-state index contributed by atoms with van der Waals surface area (Å²) >= 11 is 3.07. The van der Waals surface area contributed by atoms with Gasteiger partial charge < -0.3 is 5.32 Å². The lowest BCUT2D eigenvalue weighted by molar-refractivity contribution is 0.102. The number of anilines is 1. The second-order valence-corrected chi connectivity index (χ2v) is 7.45. The van der Waals surface area contributed by atoms with Crippen molar-refractivity contribution in [3.63, 3.8) is 0 Å². The Hall–Kier alpha value is -1.98. The molecule has 0 spiro atoms. The molecule has 0 saturated heterocycles. The van der Waals surface area contributed by atoms with E-state index in [1.54, 1.807) is 11.3 Å². The largest absolute Gasteiger partial charge is 0.321 e. The minimum Gasteiger partial charge on any atom is -0.321 e. The lowest BCUT2D eigenvalue weighted by Gasteiger charge is -2.12. The topological polar surface area (TPSA) is 42.0 Å². The number of thiazole rings is 1. The van der Waals surface area contributed by atoms with Gasteiger partial charge in [0.2, 0.25) is 0 Å². The lowest BCUT2D eigenvalue weighted by atomic mass is 10.1. The van der Waals surface area contributed by atoms with Gasteiger partial charge in [0.05, 0.1) is 5.69 Å². The van der Waals surface area contributed by atoms with Crippen molar-refractivity contribution in [3.8, 4) is 10.6 Å². The minimum absolute atomic E-state index is 0.0865. The minimum atomic E-state index is -0.0865. The van der Waals surface area contributed by atoms with Crippen molar-refractivity contribution in [1.82, 2.24) is 4.98 Å². The average Bonchev–Trinajstić information content (AvgIpc) is 3.11. The van der Waals surface area contributed by atoms with Crippen LogP contribution >= 0.6 is 22.7 Å². The molecule has 2 aromatic heterocycles. The highest BCUT2D eigenvalue weighted by Crippen LogP contribution is 2.30. The summed E-state index contributed by atoms with van der Waals surface area (Å²) in [7, 11) is 0. The maximum absolute atomic E-state index is 12.7. The molecule has 3 nitrogen and oxygen atoms in total. The zero-order valence-electron chi connectivity index (χ0n) is 13.6. The van der Waals surface area contributed by atoms with Crippen molar-refractivity contribution in [2.45, 2.75) is 27.7 Å². The van der Waals surface area contributed by atoms with Gasteiger partial charge in [0, 0.05) is 16.6 Å². The van der Waals surface area contributed by atoms with Crippen LogP contribution in [0.3, 0.4) is 0 Å². The average molecular weight is 342 g/mol. The van der Waals surface area contributed by atoms with Gasteiger partial charge in [0.25, 0.3) is 5.91 Å². The molecule has 0 aliphatic carbocycles. The quantitative estimate of drug-likeness (QED) is 0.696. The van der Waals surface area contributed by atoms with Crippen LogP contribution in [0.2, 0.25) is 0 Å². The third kappa shape index (κ3) is 3.21. The summed E-state index contributed by atoms with van der Waals surface area (Å²) in [4.78, 5) is 17.9. The van der Waals surface area contributed by atoms with Crippen LogP contribution in [0.1, 0.15) is 32.1 Å². The van der Waals surface area contributed by atoms with E-state index in [0.717, 1.165) is 33.1 Å². The first-order valence-corrected chi connectivity index (χ1v) is 9.11. The Morgan fingerprint density at radius 3 is 2.43 bits per heavy atom. The van der Waals surface area contributed by atoms with Crippen molar-refractivity contribution in [2.75, 3.05) is 5.32 Å². The summed E-state index contributed by atoms with van der Waals surface area (Å²) in [6.45, 7) is 7.99. The molecule has 3 aromatic rings. The first-order chi connectivity index (χ1) is 11.0. The van der Waals surface area contributed by atoms with Crippen LogP contribution in [-0.2, 0) is 0 Å². The second kappa shape index (κ2) is 6.26. The van der Waals surface area contributed by atoms with E-state index in [4.69, 9.17) is 0 Å². The Bertz CT molecular complexity index is 840. The number of aromatic nitrogens is 1. The molecular weight excluding hydrogens is 324 g/mol. The summed E-state index contributed by atoms with van der Waals surface area (Å²) in [5.74, 6) is -0.0865. The summed E-state index contributed by atoms with van der Waals surface area (Å²) in [5.41, 5.74) is 6.10. The van der Waals surface area contributed by atoms with Crippen molar-refractivity contribution < 1.29 is 4.79 Å². The van der Waals surface area contributed by atoms with E-state index in [9.17, 15) is 4.79 Å². The molecule has 0 atom stereocenters. The van der Waals surface area contributed by atoms with E-state index in [0.29, 0.717) is 4.88 Å². The molecule has 118 valence electrons. The zero-order chi connectivity index (χ0) is 16.6. The molecule has 0 unspecified atom stereocenters. The fourth-order valence-electron chi connectivity index (χ4n) is 2.66. The number of carbonyl (C=O) groups excluding carboxylic acids is 1. The molecule has 2 heterocycles. The first kappa shape index (κ1) is 15.9.